The van der Waals surface area contributed by atoms with Crippen LogP contribution in [0.2, 0.25) is 0 Å². The Bertz CT molecular complexity index is 1670. The van der Waals surface area contributed by atoms with Crippen LogP contribution in [-0.2, 0) is 26.7 Å². The lowest BCUT2D eigenvalue weighted by Gasteiger charge is -2.19. The topological polar surface area (TPSA) is 83.0 Å². The molecule has 11 heteroatoms. The number of anilines is 1. The second-order valence-electron chi connectivity index (χ2n) is 8.62. The molecule has 1 aliphatic carbocycles. The van der Waals surface area contributed by atoms with Crippen molar-refractivity contribution in [3.63, 3.8) is 0 Å². The van der Waals surface area contributed by atoms with Crippen LogP contribution in [0.3, 0.4) is 0 Å². The summed E-state index contributed by atoms with van der Waals surface area (Å²) >= 11 is 0. The lowest BCUT2D eigenvalue weighted by Crippen LogP contribution is -2.42. The first-order valence-corrected chi connectivity index (χ1v) is 11.0. The number of nitrogens with one attached hydrogen (secondary N) is 1. The summed E-state index contributed by atoms with van der Waals surface area (Å²) in [5, 5.41) is 2.79. The van der Waals surface area contributed by atoms with Crippen LogP contribution in [0.4, 0.5) is 18.9 Å². The molecular weight excluding hydrogens is 463 g/mol. The van der Waals surface area contributed by atoms with Gasteiger partial charge in [-0.1, -0.05) is 12.1 Å². The molecule has 182 valence electrons. The van der Waals surface area contributed by atoms with Gasteiger partial charge in [0.05, 0.1) is 28.3 Å². The van der Waals surface area contributed by atoms with Crippen molar-refractivity contribution in [2.75, 3.05) is 12.4 Å². The van der Waals surface area contributed by atoms with Crippen LogP contribution in [0, 0.1) is 0 Å². The lowest BCUT2D eigenvalue weighted by atomic mass is 10.0. The summed E-state index contributed by atoms with van der Waals surface area (Å²) in [6, 6.07) is 8.04. The van der Waals surface area contributed by atoms with E-state index in [9.17, 15) is 27.6 Å². The number of alkyl halides is 3. The van der Waals surface area contributed by atoms with Gasteiger partial charge in [0.15, 0.2) is 0 Å². The molecule has 0 saturated carbocycles. The standard InChI is InChI=1S/C24H22F3N5O3/c1-28-17-12-31(13-7-9-19-20(11-13)30(3)22(34)29(19)2)23(35)32(21(17)33)18-10-8-14-15(18)5-4-6-16(14)24(25,26)27/h4-7,9,11-12,18,28H,8,10H2,1-3H3. The minimum absolute atomic E-state index is 0.101. The zero-order chi connectivity index (χ0) is 25.2. The summed E-state index contributed by atoms with van der Waals surface area (Å²) in [4.78, 5) is 39.2. The third-order valence-corrected chi connectivity index (χ3v) is 6.78. The van der Waals surface area contributed by atoms with Gasteiger partial charge in [-0.25, -0.2) is 9.59 Å². The number of imidazole rings is 1. The molecule has 8 nitrogen and oxygen atoms in total. The summed E-state index contributed by atoms with van der Waals surface area (Å²) in [5.41, 5.74) is -0.0461. The Balaban J connectivity index is 1.74. The van der Waals surface area contributed by atoms with Crippen molar-refractivity contribution in [2.24, 2.45) is 14.1 Å². The van der Waals surface area contributed by atoms with Crippen LogP contribution in [0.1, 0.15) is 29.2 Å². The highest BCUT2D eigenvalue weighted by molar-refractivity contribution is 5.78. The molecule has 0 aliphatic heterocycles. The molecule has 0 amide bonds. The van der Waals surface area contributed by atoms with E-state index >= 15 is 0 Å². The number of rotatable bonds is 3. The van der Waals surface area contributed by atoms with Crippen molar-refractivity contribution >= 4 is 16.7 Å². The molecule has 2 aromatic heterocycles. The van der Waals surface area contributed by atoms with Crippen LogP contribution in [0.25, 0.3) is 16.7 Å². The van der Waals surface area contributed by atoms with E-state index in [1.165, 1.54) is 39.1 Å². The number of benzene rings is 2. The van der Waals surface area contributed by atoms with Crippen LogP contribution < -0.4 is 22.3 Å². The number of aromatic nitrogens is 4. The molecule has 35 heavy (non-hydrogen) atoms. The Labute approximate surface area is 196 Å². The fraction of sp³-hybridized carbons (Fsp3) is 0.292. The average Bonchev–Trinajstić information content (AvgIpc) is 3.34. The van der Waals surface area contributed by atoms with Gasteiger partial charge < -0.3 is 5.32 Å². The summed E-state index contributed by atoms with van der Waals surface area (Å²) in [5.74, 6) is 0. The Kier molecular flexibility index (Phi) is 5.04. The summed E-state index contributed by atoms with van der Waals surface area (Å²) in [6.07, 6.45) is -2.87. The van der Waals surface area contributed by atoms with E-state index in [2.05, 4.69) is 5.32 Å². The van der Waals surface area contributed by atoms with Crippen LogP contribution >= 0.6 is 0 Å². The minimum atomic E-state index is -4.53. The molecule has 0 radical (unpaired) electrons. The fourth-order valence-electron chi connectivity index (χ4n) is 5.01. The molecule has 2 heterocycles. The first-order valence-electron chi connectivity index (χ1n) is 11.0. The van der Waals surface area contributed by atoms with Gasteiger partial charge in [0, 0.05) is 27.3 Å². The smallest absolute Gasteiger partial charge is 0.382 e. The number of hydrogen-bond donors (Lipinski definition) is 1. The molecule has 1 N–H and O–H groups in total. The molecular formula is C24H22F3N5O3. The van der Waals surface area contributed by atoms with E-state index in [0.29, 0.717) is 22.3 Å². The van der Waals surface area contributed by atoms with Gasteiger partial charge in [-0.2, -0.15) is 13.2 Å². The van der Waals surface area contributed by atoms with E-state index in [1.54, 1.807) is 32.3 Å². The molecule has 1 aliphatic rings. The molecule has 2 aromatic carbocycles. The fourth-order valence-corrected chi connectivity index (χ4v) is 5.01. The molecule has 0 saturated heterocycles. The molecule has 4 aromatic rings. The maximum Gasteiger partial charge on any atom is 0.416 e. The van der Waals surface area contributed by atoms with E-state index in [4.69, 9.17) is 0 Å². The van der Waals surface area contributed by atoms with E-state index in [-0.39, 0.29) is 29.8 Å². The SMILES string of the molecule is CNc1cn(-c2ccc3c(c2)n(C)c(=O)n3C)c(=O)n(C2CCc3c2cccc3C(F)(F)F)c1=O. The predicted molar refractivity (Wildman–Crippen MR) is 125 cm³/mol. The number of aryl methyl sites for hydroxylation is 2. The Morgan fingerprint density at radius 3 is 2.37 bits per heavy atom. The van der Waals surface area contributed by atoms with Crippen LogP contribution in [-0.4, -0.2) is 25.3 Å². The van der Waals surface area contributed by atoms with Crippen molar-refractivity contribution < 1.29 is 13.2 Å². The molecule has 1 unspecified atom stereocenters. The van der Waals surface area contributed by atoms with E-state index < -0.39 is 29.0 Å². The van der Waals surface area contributed by atoms with Crippen molar-refractivity contribution in [3.8, 4) is 5.69 Å². The predicted octanol–water partition coefficient (Wildman–Crippen LogP) is 2.79. The number of hydrogen-bond acceptors (Lipinski definition) is 4. The summed E-state index contributed by atoms with van der Waals surface area (Å²) in [6.45, 7) is 0. The zero-order valence-corrected chi connectivity index (χ0v) is 19.2. The van der Waals surface area contributed by atoms with E-state index in [1.807, 2.05) is 0 Å². The minimum Gasteiger partial charge on any atom is -0.382 e. The van der Waals surface area contributed by atoms with Crippen molar-refractivity contribution in [2.45, 2.75) is 25.1 Å². The number of halogens is 3. The van der Waals surface area contributed by atoms with Crippen molar-refractivity contribution in [1.82, 2.24) is 18.3 Å². The Morgan fingerprint density at radius 1 is 0.971 bits per heavy atom. The maximum atomic E-state index is 13.6. The van der Waals surface area contributed by atoms with Gasteiger partial charge in [-0.05, 0) is 48.2 Å². The highest BCUT2D eigenvalue weighted by Gasteiger charge is 2.38. The summed E-state index contributed by atoms with van der Waals surface area (Å²) < 4.78 is 45.9. The highest BCUT2D eigenvalue weighted by Crippen LogP contribution is 2.41. The van der Waals surface area contributed by atoms with Crippen LogP contribution in [0.5, 0.6) is 0 Å². The molecule has 0 bridgehead atoms. The van der Waals surface area contributed by atoms with Gasteiger partial charge in [-0.15, -0.1) is 0 Å². The maximum absolute atomic E-state index is 13.6. The van der Waals surface area contributed by atoms with Gasteiger partial charge in [0.2, 0.25) is 0 Å². The number of fused-ring (bicyclic) bond motifs is 2. The summed E-state index contributed by atoms with van der Waals surface area (Å²) in [7, 11) is 4.79. The monoisotopic (exact) mass is 485 g/mol. The van der Waals surface area contributed by atoms with Crippen LogP contribution in [0.15, 0.2) is 57.0 Å². The van der Waals surface area contributed by atoms with Crippen molar-refractivity contribution in [3.05, 3.63) is 90.6 Å². The van der Waals surface area contributed by atoms with Gasteiger partial charge in [-0.3, -0.25) is 23.1 Å². The third kappa shape index (κ3) is 3.33. The average molecular weight is 485 g/mol. The van der Waals surface area contributed by atoms with Crippen molar-refractivity contribution in [1.29, 1.82) is 0 Å². The highest BCUT2D eigenvalue weighted by atomic mass is 19.4. The van der Waals surface area contributed by atoms with Gasteiger partial charge in [0.25, 0.3) is 5.56 Å². The Hall–Kier alpha value is -4.02. The quantitative estimate of drug-likeness (QED) is 0.484. The molecule has 1 atom stereocenters. The molecule has 0 spiro atoms. The second kappa shape index (κ2) is 7.76. The normalized spacial score (nSPS) is 15.5. The zero-order valence-electron chi connectivity index (χ0n) is 19.2. The molecule has 5 rings (SSSR count). The largest absolute Gasteiger partial charge is 0.416 e. The lowest BCUT2D eigenvalue weighted by molar-refractivity contribution is -0.138. The third-order valence-electron chi connectivity index (χ3n) is 6.78. The van der Waals surface area contributed by atoms with Gasteiger partial charge >= 0.3 is 17.6 Å². The first kappa shape index (κ1) is 22.8. The second-order valence-corrected chi connectivity index (χ2v) is 8.62. The Morgan fingerprint density at radius 2 is 1.69 bits per heavy atom. The molecule has 0 fully saturated rings. The van der Waals surface area contributed by atoms with E-state index in [0.717, 1.165) is 10.6 Å². The number of nitrogens with zero attached hydrogens (tertiary/aromatic N) is 4. The van der Waals surface area contributed by atoms with Gasteiger partial charge in [0.1, 0.15) is 5.69 Å². The first-order chi connectivity index (χ1) is 16.5.